The van der Waals surface area contributed by atoms with Crippen molar-refractivity contribution in [2.75, 3.05) is 38.3 Å². The normalized spacial score (nSPS) is 15.8. The predicted molar refractivity (Wildman–Crippen MR) is 63.6 cm³/mol. The number of hydrogen-bond acceptors (Lipinski definition) is 5. The lowest BCUT2D eigenvalue weighted by molar-refractivity contribution is 0.0600. The van der Waals surface area contributed by atoms with Gasteiger partial charge in [0.1, 0.15) is 11.0 Å². The Labute approximate surface area is 104 Å². The molecule has 0 spiro atoms. The Morgan fingerprint density at radius 3 is 2.82 bits per heavy atom. The third-order valence-corrected chi connectivity index (χ3v) is 2.73. The molecule has 0 bridgehead atoms. The van der Waals surface area contributed by atoms with Crippen molar-refractivity contribution in [1.29, 1.82) is 0 Å². The van der Waals surface area contributed by atoms with Gasteiger partial charge in [0.2, 0.25) is 0 Å². The van der Waals surface area contributed by atoms with E-state index in [1.54, 1.807) is 6.07 Å². The van der Waals surface area contributed by atoms with E-state index in [0.717, 1.165) is 13.1 Å². The van der Waals surface area contributed by atoms with Crippen molar-refractivity contribution >= 4 is 23.4 Å². The molecule has 2 heterocycles. The lowest BCUT2D eigenvalue weighted by Gasteiger charge is -2.28. The average molecular weight is 257 g/mol. The van der Waals surface area contributed by atoms with E-state index in [-0.39, 0.29) is 5.15 Å². The van der Waals surface area contributed by atoms with Gasteiger partial charge < -0.3 is 14.4 Å². The summed E-state index contributed by atoms with van der Waals surface area (Å²) in [7, 11) is 1.34. The summed E-state index contributed by atoms with van der Waals surface area (Å²) in [5.74, 6) is 0.269. The van der Waals surface area contributed by atoms with Gasteiger partial charge in [-0.3, -0.25) is 0 Å². The number of hydrogen-bond donors (Lipinski definition) is 0. The van der Waals surface area contributed by atoms with Gasteiger partial charge in [0.25, 0.3) is 0 Å². The van der Waals surface area contributed by atoms with Crippen LogP contribution in [0.3, 0.4) is 0 Å². The largest absolute Gasteiger partial charge is 0.465 e. The molecule has 0 amide bonds. The van der Waals surface area contributed by atoms with E-state index >= 15 is 0 Å². The average Bonchev–Trinajstić information content (AvgIpc) is 2.38. The van der Waals surface area contributed by atoms with Crippen LogP contribution in [0, 0.1) is 0 Å². The number of carbonyl (C=O) groups is 1. The Bertz CT molecular complexity index is 419. The molecule has 1 aliphatic heterocycles. The molecule has 6 heteroatoms. The second-order valence-electron chi connectivity index (χ2n) is 3.63. The Morgan fingerprint density at radius 1 is 1.47 bits per heavy atom. The minimum atomic E-state index is -0.413. The van der Waals surface area contributed by atoms with Crippen molar-refractivity contribution in [1.82, 2.24) is 4.98 Å². The van der Waals surface area contributed by atoms with Gasteiger partial charge in [-0.05, 0) is 12.1 Å². The van der Waals surface area contributed by atoms with Crippen LogP contribution in [0.15, 0.2) is 12.1 Å². The molecular formula is C11H13ClN2O3. The first-order valence-corrected chi connectivity index (χ1v) is 5.67. The van der Waals surface area contributed by atoms with E-state index in [0.29, 0.717) is 24.6 Å². The van der Waals surface area contributed by atoms with Gasteiger partial charge in [0.05, 0.1) is 25.9 Å². The van der Waals surface area contributed by atoms with E-state index in [9.17, 15) is 4.79 Å². The van der Waals surface area contributed by atoms with E-state index in [4.69, 9.17) is 16.3 Å². The summed E-state index contributed by atoms with van der Waals surface area (Å²) >= 11 is 5.89. The highest BCUT2D eigenvalue weighted by atomic mass is 35.5. The molecule has 0 N–H and O–H groups in total. The second-order valence-corrected chi connectivity index (χ2v) is 4.01. The van der Waals surface area contributed by atoms with Crippen molar-refractivity contribution in [2.24, 2.45) is 0 Å². The molecule has 0 aromatic carbocycles. The number of methoxy groups -OCH3 is 1. The minimum absolute atomic E-state index is 0.286. The molecule has 92 valence electrons. The van der Waals surface area contributed by atoms with Crippen LogP contribution in [0.5, 0.6) is 0 Å². The molecule has 1 aliphatic rings. The maximum Gasteiger partial charge on any atom is 0.338 e. The first-order chi connectivity index (χ1) is 8.20. The van der Waals surface area contributed by atoms with Gasteiger partial charge in [-0.2, -0.15) is 0 Å². The zero-order valence-corrected chi connectivity index (χ0v) is 10.2. The highest BCUT2D eigenvalue weighted by Gasteiger charge is 2.16. The molecule has 2 rings (SSSR count). The molecule has 0 atom stereocenters. The first-order valence-electron chi connectivity index (χ1n) is 5.29. The van der Waals surface area contributed by atoms with Crippen molar-refractivity contribution < 1.29 is 14.3 Å². The molecule has 1 saturated heterocycles. The Hall–Kier alpha value is -1.33. The van der Waals surface area contributed by atoms with Gasteiger partial charge in [-0.1, -0.05) is 11.6 Å². The van der Waals surface area contributed by atoms with Crippen molar-refractivity contribution in [2.45, 2.75) is 0 Å². The number of rotatable bonds is 2. The fraction of sp³-hybridized carbons (Fsp3) is 0.455. The van der Waals surface area contributed by atoms with Crippen LogP contribution in [0.4, 0.5) is 5.82 Å². The number of anilines is 1. The summed E-state index contributed by atoms with van der Waals surface area (Å²) < 4.78 is 9.92. The summed E-state index contributed by atoms with van der Waals surface area (Å²) in [5.41, 5.74) is 0.411. The van der Waals surface area contributed by atoms with Crippen LogP contribution in [0.1, 0.15) is 10.4 Å². The van der Waals surface area contributed by atoms with Crippen LogP contribution >= 0.6 is 11.6 Å². The third-order valence-electron chi connectivity index (χ3n) is 2.54. The van der Waals surface area contributed by atoms with E-state index < -0.39 is 5.97 Å². The summed E-state index contributed by atoms with van der Waals surface area (Å²) in [6.07, 6.45) is 0. The van der Waals surface area contributed by atoms with Crippen molar-refractivity contribution in [3.8, 4) is 0 Å². The van der Waals surface area contributed by atoms with Gasteiger partial charge >= 0.3 is 5.97 Å². The van der Waals surface area contributed by atoms with Crippen LogP contribution in [-0.4, -0.2) is 44.4 Å². The smallest absolute Gasteiger partial charge is 0.338 e. The van der Waals surface area contributed by atoms with Gasteiger partial charge in [0.15, 0.2) is 0 Å². The minimum Gasteiger partial charge on any atom is -0.465 e. The number of esters is 1. The maximum absolute atomic E-state index is 11.4. The monoisotopic (exact) mass is 256 g/mol. The highest BCUT2D eigenvalue weighted by Crippen LogP contribution is 2.19. The van der Waals surface area contributed by atoms with E-state index in [1.165, 1.54) is 13.2 Å². The molecule has 0 aliphatic carbocycles. The standard InChI is InChI=1S/C11H13ClN2O3/c1-16-11(15)8-6-9(12)13-10(7-8)14-2-4-17-5-3-14/h6-7H,2-5H2,1H3. The topological polar surface area (TPSA) is 51.7 Å². The summed E-state index contributed by atoms with van der Waals surface area (Å²) in [5, 5.41) is 0.286. The fourth-order valence-corrected chi connectivity index (χ4v) is 1.88. The number of pyridine rings is 1. The van der Waals surface area contributed by atoms with E-state index in [1.807, 2.05) is 4.90 Å². The molecule has 1 fully saturated rings. The second kappa shape index (κ2) is 5.33. The lowest BCUT2D eigenvalue weighted by atomic mass is 10.2. The van der Waals surface area contributed by atoms with Gasteiger partial charge in [-0.15, -0.1) is 0 Å². The summed E-state index contributed by atoms with van der Waals surface area (Å²) in [6, 6.07) is 3.18. The van der Waals surface area contributed by atoms with Crippen LogP contribution in [-0.2, 0) is 9.47 Å². The Kier molecular flexibility index (Phi) is 3.81. The van der Waals surface area contributed by atoms with Crippen LogP contribution in [0.2, 0.25) is 5.15 Å². The maximum atomic E-state index is 11.4. The van der Waals surface area contributed by atoms with E-state index in [2.05, 4.69) is 9.72 Å². The van der Waals surface area contributed by atoms with Crippen LogP contribution in [0.25, 0.3) is 0 Å². The SMILES string of the molecule is COC(=O)c1cc(Cl)nc(N2CCOCC2)c1. The first kappa shape index (κ1) is 12.1. The third kappa shape index (κ3) is 2.87. The number of nitrogens with zero attached hydrogens (tertiary/aromatic N) is 2. The molecular weight excluding hydrogens is 244 g/mol. The predicted octanol–water partition coefficient (Wildman–Crippen LogP) is 1.36. The van der Waals surface area contributed by atoms with Crippen molar-refractivity contribution in [3.63, 3.8) is 0 Å². The van der Waals surface area contributed by atoms with Gasteiger partial charge in [0, 0.05) is 13.1 Å². The molecule has 0 saturated carbocycles. The Balaban J connectivity index is 2.27. The molecule has 1 aromatic heterocycles. The lowest BCUT2D eigenvalue weighted by Crippen LogP contribution is -2.36. The summed E-state index contributed by atoms with van der Waals surface area (Å²) in [6.45, 7) is 2.80. The van der Waals surface area contributed by atoms with Gasteiger partial charge in [-0.25, -0.2) is 9.78 Å². The number of morpholine rings is 1. The van der Waals surface area contributed by atoms with Crippen molar-refractivity contribution in [3.05, 3.63) is 22.8 Å². The number of aromatic nitrogens is 1. The zero-order valence-electron chi connectivity index (χ0n) is 9.48. The quantitative estimate of drug-likeness (QED) is 0.591. The number of ether oxygens (including phenoxy) is 2. The molecule has 0 unspecified atom stereocenters. The Morgan fingerprint density at radius 2 is 2.18 bits per heavy atom. The molecule has 1 aromatic rings. The fourth-order valence-electron chi connectivity index (χ4n) is 1.67. The summed E-state index contributed by atoms with van der Waals surface area (Å²) in [4.78, 5) is 17.7. The molecule has 17 heavy (non-hydrogen) atoms. The number of carbonyl (C=O) groups excluding carboxylic acids is 1. The molecule has 0 radical (unpaired) electrons. The number of halogens is 1. The van der Waals surface area contributed by atoms with Crippen LogP contribution < -0.4 is 4.90 Å². The highest BCUT2D eigenvalue weighted by molar-refractivity contribution is 6.29. The zero-order chi connectivity index (χ0) is 12.3. The molecule has 5 nitrogen and oxygen atoms in total.